The van der Waals surface area contributed by atoms with Gasteiger partial charge in [0.25, 0.3) is 0 Å². The number of rotatable bonds is 0. The molecule has 0 amide bonds. The van der Waals surface area contributed by atoms with E-state index in [0.29, 0.717) is 38.9 Å². The third kappa shape index (κ3) is 2.41. The van der Waals surface area contributed by atoms with Crippen LogP contribution in [0.1, 0.15) is 106 Å². The number of fused-ring (bicyclic) bond motifs is 7. The Balaban J connectivity index is 1.40. The molecule has 2 nitrogen and oxygen atoms in total. The number of hydrogen-bond acceptors (Lipinski definition) is 2. The van der Waals surface area contributed by atoms with Crippen LogP contribution in [0.4, 0.5) is 0 Å². The molecule has 178 valence electrons. The topological polar surface area (TPSA) is 33.0 Å². The number of nitriles is 1. The van der Waals surface area contributed by atoms with E-state index in [2.05, 4.69) is 47.6 Å². The van der Waals surface area contributed by atoms with Crippen LogP contribution in [0.2, 0.25) is 0 Å². The molecule has 6 rings (SSSR count). The van der Waals surface area contributed by atoms with E-state index in [9.17, 15) is 5.26 Å². The van der Waals surface area contributed by atoms with Crippen LogP contribution < -0.4 is 0 Å². The summed E-state index contributed by atoms with van der Waals surface area (Å²) in [6.07, 6.45) is 14.1. The van der Waals surface area contributed by atoms with E-state index in [1.54, 1.807) is 0 Å². The average molecular weight is 438 g/mol. The molecular weight excluding hydrogens is 390 g/mol. The van der Waals surface area contributed by atoms with E-state index in [0.717, 1.165) is 24.4 Å². The van der Waals surface area contributed by atoms with Crippen molar-refractivity contribution in [3.05, 3.63) is 0 Å². The highest BCUT2D eigenvalue weighted by atomic mass is 16.5. The van der Waals surface area contributed by atoms with Gasteiger partial charge in [-0.05, 0) is 114 Å². The van der Waals surface area contributed by atoms with Crippen LogP contribution in [0.15, 0.2) is 0 Å². The van der Waals surface area contributed by atoms with Crippen molar-refractivity contribution in [1.82, 2.24) is 0 Å². The lowest BCUT2D eigenvalue weighted by atomic mass is 9.31. The van der Waals surface area contributed by atoms with Gasteiger partial charge >= 0.3 is 0 Å². The molecule has 32 heavy (non-hydrogen) atoms. The summed E-state index contributed by atoms with van der Waals surface area (Å²) < 4.78 is 6.34. The maximum Gasteiger partial charge on any atom is 0.0754 e. The van der Waals surface area contributed by atoms with Crippen LogP contribution in [0.5, 0.6) is 0 Å². The Morgan fingerprint density at radius 2 is 1.62 bits per heavy atom. The van der Waals surface area contributed by atoms with Gasteiger partial charge in [-0.25, -0.2) is 0 Å². The quantitative estimate of drug-likeness (QED) is 0.390. The van der Waals surface area contributed by atoms with Gasteiger partial charge in [-0.3, -0.25) is 0 Å². The average Bonchev–Trinajstić information content (AvgIpc) is 3.08. The standard InChI is InChI=1S/C30H47NO/c1-19-20(17-31)22-16-30(18-32-22)15-14-28(5)21(25(19)30)8-9-24-27(4)12-7-11-26(2,3)23(27)10-13-29(24,28)6/h19-25H,7-16,18H2,1-6H3/t19-,20+,21-,22-,23+,24-,25+,27-,28-,29-,30+/m1/s1. The molecule has 0 aromatic heterocycles. The van der Waals surface area contributed by atoms with Gasteiger partial charge < -0.3 is 4.74 Å². The molecule has 1 aliphatic heterocycles. The molecule has 11 atom stereocenters. The Morgan fingerprint density at radius 3 is 2.38 bits per heavy atom. The summed E-state index contributed by atoms with van der Waals surface area (Å²) in [5.74, 6) is 3.85. The third-order valence-corrected chi connectivity index (χ3v) is 13.8. The second kappa shape index (κ2) is 6.56. The first-order valence-corrected chi connectivity index (χ1v) is 14.0. The summed E-state index contributed by atoms with van der Waals surface area (Å²) in [5.41, 5.74) is 2.28. The Labute approximate surface area is 197 Å². The Morgan fingerprint density at radius 1 is 0.844 bits per heavy atom. The highest BCUT2D eigenvalue weighted by Gasteiger charge is 2.71. The Kier molecular flexibility index (Phi) is 4.50. The van der Waals surface area contributed by atoms with E-state index in [1.165, 1.54) is 64.2 Å². The second-order valence-corrected chi connectivity index (χ2v) is 15.0. The summed E-state index contributed by atoms with van der Waals surface area (Å²) in [6.45, 7) is 16.7. The van der Waals surface area contributed by atoms with E-state index >= 15 is 0 Å². The van der Waals surface area contributed by atoms with Crippen molar-refractivity contribution in [1.29, 1.82) is 5.26 Å². The molecule has 0 radical (unpaired) electrons. The minimum absolute atomic E-state index is 0.107. The molecule has 1 saturated heterocycles. The van der Waals surface area contributed by atoms with E-state index < -0.39 is 0 Å². The van der Waals surface area contributed by atoms with Crippen LogP contribution in [0.25, 0.3) is 0 Å². The maximum absolute atomic E-state index is 10.1. The first-order chi connectivity index (χ1) is 15.0. The van der Waals surface area contributed by atoms with Crippen molar-refractivity contribution in [3.8, 4) is 6.07 Å². The monoisotopic (exact) mass is 437 g/mol. The van der Waals surface area contributed by atoms with Crippen LogP contribution in [0, 0.1) is 73.9 Å². The van der Waals surface area contributed by atoms with E-state index in [1.807, 2.05) is 0 Å². The van der Waals surface area contributed by atoms with Crippen LogP contribution >= 0.6 is 0 Å². The Bertz CT molecular complexity index is 842. The molecular formula is C30H47NO. The molecule has 2 heteroatoms. The van der Waals surface area contributed by atoms with Gasteiger partial charge in [0.15, 0.2) is 0 Å². The molecule has 0 aromatic rings. The zero-order valence-corrected chi connectivity index (χ0v) is 21.7. The predicted octanol–water partition coefficient (Wildman–Crippen LogP) is 7.63. The van der Waals surface area contributed by atoms with Crippen molar-refractivity contribution in [2.45, 2.75) is 112 Å². The van der Waals surface area contributed by atoms with Crippen LogP contribution in [0.3, 0.4) is 0 Å². The molecule has 5 aliphatic carbocycles. The van der Waals surface area contributed by atoms with Crippen molar-refractivity contribution in [3.63, 3.8) is 0 Å². The van der Waals surface area contributed by atoms with E-state index in [-0.39, 0.29) is 12.0 Å². The lowest BCUT2D eigenvalue weighted by Gasteiger charge is -2.73. The number of nitrogens with zero attached hydrogens (tertiary/aromatic N) is 1. The molecule has 1 heterocycles. The molecule has 1 spiro atoms. The van der Waals surface area contributed by atoms with Crippen molar-refractivity contribution in [2.24, 2.45) is 62.6 Å². The fourth-order valence-electron chi connectivity index (χ4n) is 12.3. The maximum atomic E-state index is 10.1. The highest BCUT2D eigenvalue weighted by Crippen LogP contribution is 2.77. The van der Waals surface area contributed by atoms with Gasteiger partial charge in [0.1, 0.15) is 0 Å². The third-order valence-electron chi connectivity index (χ3n) is 13.8. The predicted molar refractivity (Wildman–Crippen MR) is 129 cm³/mol. The number of hydrogen-bond donors (Lipinski definition) is 0. The normalized spacial score (nSPS) is 60.3. The molecule has 6 fully saturated rings. The van der Waals surface area contributed by atoms with Gasteiger partial charge in [-0.15, -0.1) is 0 Å². The first kappa shape index (κ1) is 21.9. The lowest BCUT2D eigenvalue weighted by molar-refractivity contribution is -0.244. The van der Waals surface area contributed by atoms with Gasteiger partial charge in [-0.2, -0.15) is 5.26 Å². The van der Waals surface area contributed by atoms with E-state index in [4.69, 9.17) is 4.74 Å². The lowest BCUT2D eigenvalue weighted by Crippen LogP contribution is -2.66. The smallest absolute Gasteiger partial charge is 0.0754 e. The summed E-state index contributed by atoms with van der Waals surface area (Å²) >= 11 is 0. The highest BCUT2D eigenvalue weighted by molar-refractivity contribution is 5.21. The first-order valence-electron chi connectivity index (χ1n) is 14.0. The summed E-state index contributed by atoms with van der Waals surface area (Å²) in [6, 6.07) is 2.71. The second-order valence-electron chi connectivity index (χ2n) is 15.0. The SMILES string of the molecule is C[C@@H]1[C@H](C#N)[C@H]2C[C@@]3(CC[C@]4(C)[C@H](CC[C@@H]5[C@]6(C)CCCC(C)(C)[C@@H]6CC[C@]54C)[C@H]13)CO2. The van der Waals surface area contributed by atoms with Gasteiger partial charge in [0, 0.05) is 0 Å². The zero-order valence-electron chi connectivity index (χ0n) is 21.7. The van der Waals surface area contributed by atoms with Gasteiger partial charge in [0.2, 0.25) is 0 Å². The van der Waals surface area contributed by atoms with Gasteiger partial charge in [0.05, 0.1) is 24.7 Å². The zero-order chi connectivity index (χ0) is 22.7. The van der Waals surface area contributed by atoms with Crippen molar-refractivity contribution < 1.29 is 4.74 Å². The van der Waals surface area contributed by atoms with Crippen molar-refractivity contribution >= 4 is 0 Å². The molecule has 2 bridgehead atoms. The summed E-state index contributed by atoms with van der Waals surface area (Å²) in [5, 5.41) is 10.1. The molecule has 0 N–H and O–H groups in total. The molecule has 6 aliphatic rings. The van der Waals surface area contributed by atoms with Gasteiger partial charge in [-0.1, -0.05) is 48.0 Å². The van der Waals surface area contributed by atoms with Crippen LogP contribution in [-0.2, 0) is 4.74 Å². The molecule has 0 aromatic carbocycles. The molecule has 0 unspecified atom stereocenters. The number of ether oxygens (including phenoxy) is 1. The fraction of sp³-hybridized carbons (Fsp3) is 0.967. The minimum atomic E-state index is 0.107. The largest absolute Gasteiger partial charge is 0.376 e. The van der Waals surface area contributed by atoms with Crippen molar-refractivity contribution in [2.75, 3.05) is 6.61 Å². The Hall–Kier alpha value is -0.550. The van der Waals surface area contributed by atoms with Crippen LogP contribution in [-0.4, -0.2) is 12.7 Å². The summed E-state index contributed by atoms with van der Waals surface area (Å²) in [4.78, 5) is 0. The fourth-order valence-corrected chi connectivity index (χ4v) is 12.3. The molecule has 5 saturated carbocycles. The minimum Gasteiger partial charge on any atom is -0.376 e. The summed E-state index contributed by atoms with van der Waals surface area (Å²) in [7, 11) is 0.